The fraction of sp³-hybridized carbons (Fsp3) is 0.333. The number of carboxylic acid groups (broad SMARTS) is 1. The number of nitrogens with two attached hydrogens (primary N) is 1. The van der Waals surface area contributed by atoms with E-state index in [2.05, 4.69) is 4.98 Å². The van der Waals surface area contributed by atoms with E-state index in [0.717, 1.165) is 4.90 Å². The van der Waals surface area contributed by atoms with E-state index in [1.807, 2.05) is 0 Å². The third-order valence-corrected chi connectivity index (χ3v) is 4.86. The Bertz CT molecular complexity index is 712. The minimum Gasteiger partial charge on any atom is -0.476 e. The molecule has 0 radical (unpaired) electrons. The Kier molecular flexibility index (Phi) is 3.41. The van der Waals surface area contributed by atoms with E-state index >= 15 is 0 Å². The number of aromatic nitrogens is 2. The van der Waals surface area contributed by atoms with Crippen molar-refractivity contribution in [3.05, 3.63) is 23.9 Å². The van der Waals surface area contributed by atoms with Gasteiger partial charge in [-0.05, 0) is 0 Å². The normalized spacial score (nSPS) is 23.5. The maximum Gasteiger partial charge on any atom is 0.355 e. The second kappa shape index (κ2) is 5.14. The largest absolute Gasteiger partial charge is 0.476 e. The summed E-state index contributed by atoms with van der Waals surface area (Å²) in [6.45, 7) is -0.329. The van der Waals surface area contributed by atoms with E-state index in [1.165, 1.54) is 28.9 Å². The van der Waals surface area contributed by atoms with E-state index in [-0.39, 0.29) is 18.7 Å². The number of imidazole rings is 1. The SMILES string of the molecule is NC(=O)Cc1cn(C2=C(C(=O)O)N3C(=O)[C@H](CO)[C@H]3S2)cn1. The van der Waals surface area contributed by atoms with Crippen molar-refractivity contribution in [2.24, 2.45) is 11.7 Å². The molecule has 1 saturated heterocycles. The second-order valence-corrected chi connectivity index (χ2v) is 5.99. The molecular weight excluding hydrogens is 312 g/mol. The van der Waals surface area contributed by atoms with Crippen LogP contribution >= 0.6 is 11.8 Å². The van der Waals surface area contributed by atoms with E-state index in [4.69, 9.17) is 5.73 Å². The number of thioether (sulfide) groups is 1. The Labute approximate surface area is 128 Å². The second-order valence-electron chi connectivity index (χ2n) is 4.88. The van der Waals surface area contributed by atoms with Crippen molar-refractivity contribution >= 4 is 34.6 Å². The number of amides is 2. The van der Waals surface area contributed by atoms with Crippen LogP contribution < -0.4 is 5.73 Å². The van der Waals surface area contributed by atoms with Gasteiger partial charge in [-0.25, -0.2) is 9.78 Å². The molecule has 9 nitrogen and oxygen atoms in total. The average molecular weight is 324 g/mol. The quantitative estimate of drug-likeness (QED) is 0.569. The van der Waals surface area contributed by atoms with Gasteiger partial charge in [-0.15, -0.1) is 0 Å². The van der Waals surface area contributed by atoms with Gasteiger partial charge in [-0.1, -0.05) is 11.8 Å². The third kappa shape index (κ3) is 2.07. The standard InChI is InChI=1S/C12H12N4O5S/c13-7(18)1-5-2-15(4-14-5)11-8(12(20)21)16-9(19)6(3-17)10(16)22-11/h2,4,6,10,17H,1,3H2,(H2,13,18)(H,20,21)/t6-,10+/m0/s1. The van der Waals surface area contributed by atoms with Gasteiger partial charge < -0.3 is 15.9 Å². The number of aliphatic hydroxyl groups excluding tert-OH is 1. The lowest BCUT2D eigenvalue weighted by Crippen LogP contribution is -2.58. The number of carbonyl (C=O) groups excluding carboxylic acids is 2. The molecule has 1 aromatic rings. The van der Waals surface area contributed by atoms with Gasteiger partial charge in [0.25, 0.3) is 0 Å². The molecule has 0 saturated carbocycles. The molecule has 116 valence electrons. The molecule has 2 atom stereocenters. The van der Waals surface area contributed by atoms with Gasteiger partial charge in [-0.3, -0.25) is 19.1 Å². The summed E-state index contributed by atoms with van der Waals surface area (Å²) in [6.07, 6.45) is 2.81. The summed E-state index contributed by atoms with van der Waals surface area (Å²) in [7, 11) is 0. The molecule has 0 spiro atoms. The van der Waals surface area contributed by atoms with Crippen molar-refractivity contribution in [3.8, 4) is 0 Å². The van der Waals surface area contributed by atoms with Crippen LogP contribution in [0.4, 0.5) is 0 Å². The van der Waals surface area contributed by atoms with Crippen molar-refractivity contribution < 1.29 is 24.6 Å². The summed E-state index contributed by atoms with van der Waals surface area (Å²) in [5, 5.41) is 18.4. The number of hydrogen-bond donors (Lipinski definition) is 3. The van der Waals surface area contributed by atoms with Gasteiger partial charge in [0, 0.05) is 6.20 Å². The molecule has 2 aliphatic rings. The minimum atomic E-state index is -1.24. The molecule has 0 bridgehead atoms. The van der Waals surface area contributed by atoms with Gasteiger partial charge in [0.05, 0.1) is 31.0 Å². The molecule has 4 N–H and O–H groups in total. The summed E-state index contributed by atoms with van der Waals surface area (Å²) in [4.78, 5) is 39.4. The molecule has 0 unspecified atom stereocenters. The van der Waals surface area contributed by atoms with Crippen molar-refractivity contribution in [1.82, 2.24) is 14.5 Å². The Morgan fingerprint density at radius 3 is 2.77 bits per heavy atom. The zero-order chi connectivity index (χ0) is 16.0. The van der Waals surface area contributed by atoms with Crippen LogP contribution in [-0.2, 0) is 20.8 Å². The van der Waals surface area contributed by atoms with Crippen LogP contribution in [0.25, 0.3) is 5.03 Å². The molecule has 1 aromatic heterocycles. The predicted molar refractivity (Wildman–Crippen MR) is 74.8 cm³/mol. The zero-order valence-electron chi connectivity index (χ0n) is 11.2. The lowest BCUT2D eigenvalue weighted by molar-refractivity contribution is -0.153. The molecule has 3 heterocycles. The topological polar surface area (TPSA) is 139 Å². The van der Waals surface area contributed by atoms with Crippen molar-refractivity contribution in [3.63, 3.8) is 0 Å². The summed E-state index contributed by atoms with van der Waals surface area (Å²) >= 11 is 1.17. The summed E-state index contributed by atoms with van der Waals surface area (Å²) in [6, 6.07) is 0. The number of carbonyl (C=O) groups is 3. The highest BCUT2D eigenvalue weighted by Crippen LogP contribution is 2.50. The number of aliphatic carboxylic acids is 1. The van der Waals surface area contributed by atoms with Crippen molar-refractivity contribution in [2.45, 2.75) is 11.8 Å². The lowest BCUT2D eigenvalue weighted by Gasteiger charge is -2.40. The number of nitrogens with zero attached hydrogens (tertiary/aromatic N) is 3. The predicted octanol–water partition coefficient (Wildman–Crippen LogP) is -1.35. The first-order valence-corrected chi connectivity index (χ1v) is 7.21. The monoisotopic (exact) mass is 324 g/mol. The highest BCUT2D eigenvalue weighted by atomic mass is 32.2. The molecule has 22 heavy (non-hydrogen) atoms. The number of primary amides is 1. The molecule has 1 fully saturated rings. The van der Waals surface area contributed by atoms with Crippen LogP contribution in [0.3, 0.4) is 0 Å². The first kappa shape index (κ1) is 14.6. The Hall–Kier alpha value is -2.33. The van der Waals surface area contributed by atoms with Crippen LogP contribution in [-0.4, -0.2) is 54.4 Å². The molecular formula is C12H12N4O5S. The highest BCUT2D eigenvalue weighted by Gasteiger charge is 2.56. The van der Waals surface area contributed by atoms with E-state index in [1.54, 1.807) is 0 Å². The van der Waals surface area contributed by atoms with Gasteiger partial charge in [0.1, 0.15) is 10.4 Å². The maximum atomic E-state index is 11.9. The average Bonchev–Trinajstić information content (AvgIpc) is 3.00. The molecule has 0 aliphatic carbocycles. The summed E-state index contributed by atoms with van der Waals surface area (Å²) in [5.74, 6) is -2.80. The molecule has 2 amide bonds. The van der Waals surface area contributed by atoms with E-state index in [0.29, 0.717) is 10.7 Å². The third-order valence-electron chi connectivity index (χ3n) is 3.45. The summed E-state index contributed by atoms with van der Waals surface area (Å²) in [5.41, 5.74) is 5.35. The number of rotatable bonds is 5. The molecule has 2 aliphatic heterocycles. The van der Waals surface area contributed by atoms with E-state index in [9.17, 15) is 24.6 Å². The first-order valence-electron chi connectivity index (χ1n) is 6.33. The molecule has 0 aromatic carbocycles. The van der Waals surface area contributed by atoms with Crippen LogP contribution in [0.15, 0.2) is 18.2 Å². The molecule has 3 rings (SSSR count). The van der Waals surface area contributed by atoms with Crippen LogP contribution in [0.2, 0.25) is 0 Å². The van der Waals surface area contributed by atoms with Gasteiger partial charge in [0.15, 0.2) is 5.70 Å². The lowest BCUT2D eigenvalue weighted by atomic mass is 9.98. The van der Waals surface area contributed by atoms with Crippen molar-refractivity contribution in [2.75, 3.05) is 6.61 Å². The number of aliphatic hydroxyl groups is 1. The maximum absolute atomic E-state index is 11.9. The summed E-state index contributed by atoms with van der Waals surface area (Å²) < 4.78 is 1.45. The number of β-lactam (4-membered cyclic amide) rings is 1. The van der Waals surface area contributed by atoms with Crippen LogP contribution in [0.1, 0.15) is 5.69 Å². The van der Waals surface area contributed by atoms with Crippen LogP contribution in [0.5, 0.6) is 0 Å². The number of carboxylic acids is 1. The highest BCUT2D eigenvalue weighted by molar-refractivity contribution is 8.08. The van der Waals surface area contributed by atoms with E-state index < -0.39 is 29.1 Å². The van der Waals surface area contributed by atoms with Gasteiger partial charge >= 0.3 is 5.97 Å². The Morgan fingerprint density at radius 2 is 2.18 bits per heavy atom. The number of fused-ring (bicyclic) bond motifs is 1. The van der Waals surface area contributed by atoms with Gasteiger partial charge in [0.2, 0.25) is 11.8 Å². The van der Waals surface area contributed by atoms with Crippen molar-refractivity contribution in [1.29, 1.82) is 0 Å². The van der Waals surface area contributed by atoms with Gasteiger partial charge in [-0.2, -0.15) is 0 Å². The zero-order valence-corrected chi connectivity index (χ0v) is 12.0. The van der Waals surface area contributed by atoms with Crippen LogP contribution in [0, 0.1) is 5.92 Å². The first-order chi connectivity index (χ1) is 10.4. The molecule has 10 heteroatoms. The Balaban J connectivity index is 1.95. The fourth-order valence-corrected chi connectivity index (χ4v) is 3.89. The minimum absolute atomic E-state index is 0.0569. The fourth-order valence-electron chi connectivity index (χ4n) is 2.46. The number of hydrogen-bond acceptors (Lipinski definition) is 6. The smallest absolute Gasteiger partial charge is 0.355 e. The Morgan fingerprint density at radius 1 is 1.45 bits per heavy atom.